The molecular weight excluding hydrogens is 438 g/mol. The molecular formula is C17H18BrN3O5S. The van der Waals surface area contributed by atoms with Gasteiger partial charge in [0, 0.05) is 32.2 Å². The number of hydrogen-bond donors (Lipinski definition) is 0. The number of nitro groups is 1. The van der Waals surface area contributed by atoms with Gasteiger partial charge < -0.3 is 9.64 Å². The van der Waals surface area contributed by atoms with Gasteiger partial charge in [-0.25, -0.2) is 8.42 Å². The summed E-state index contributed by atoms with van der Waals surface area (Å²) in [4.78, 5) is 12.8. The Bertz CT molecular complexity index is 959. The van der Waals surface area contributed by atoms with Crippen molar-refractivity contribution in [1.82, 2.24) is 9.21 Å². The molecule has 2 aromatic rings. The van der Waals surface area contributed by atoms with Crippen LogP contribution in [0.15, 0.2) is 51.8 Å². The average Bonchev–Trinajstić information content (AvgIpc) is 2.64. The molecule has 3 rings (SSSR count). The maximum absolute atomic E-state index is 12.8. The van der Waals surface area contributed by atoms with Gasteiger partial charge in [-0.3, -0.25) is 10.1 Å². The Balaban J connectivity index is 1.94. The number of ether oxygens (including phenoxy) is 1. The third-order valence-corrected chi connectivity index (χ3v) is 6.83. The highest BCUT2D eigenvalue weighted by Gasteiger charge is 2.30. The summed E-state index contributed by atoms with van der Waals surface area (Å²) < 4.78 is 33.3. The van der Waals surface area contributed by atoms with Crippen molar-refractivity contribution in [3.05, 3.63) is 57.1 Å². The van der Waals surface area contributed by atoms with Crippen molar-refractivity contribution in [3.63, 3.8) is 0 Å². The molecule has 0 bridgehead atoms. The Kier molecular flexibility index (Phi) is 5.80. The summed E-state index contributed by atoms with van der Waals surface area (Å²) in [6, 6.07) is 10.6. The zero-order valence-corrected chi connectivity index (χ0v) is 16.9. The van der Waals surface area contributed by atoms with E-state index in [1.807, 2.05) is 11.9 Å². The molecule has 0 saturated carbocycles. The first-order chi connectivity index (χ1) is 12.8. The van der Waals surface area contributed by atoms with Crippen molar-refractivity contribution in [2.75, 3.05) is 33.2 Å². The fourth-order valence-electron chi connectivity index (χ4n) is 2.71. The van der Waals surface area contributed by atoms with E-state index < -0.39 is 20.6 Å². The van der Waals surface area contributed by atoms with E-state index in [9.17, 15) is 18.5 Å². The Morgan fingerprint density at radius 2 is 1.74 bits per heavy atom. The number of para-hydroxylation sites is 1. The SMILES string of the molecule is CN1CCN(S(=O)(=O)c2ccc(Oc3ccccc3Br)c([N+](=O)[O-])c2)CC1. The lowest BCUT2D eigenvalue weighted by atomic mass is 10.3. The lowest BCUT2D eigenvalue weighted by Crippen LogP contribution is -2.47. The van der Waals surface area contributed by atoms with Gasteiger partial charge in [0.05, 0.1) is 14.3 Å². The molecule has 2 aromatic carbocycles. The fourth-order valence-corrected chi connectivity index (χ4v) is 4.52. The van der Waals surface area contributed by atoms with Crippen molar-refractivity contribution < 1.29 is 18.1 Å². The van der Waals surface area contributed by atoms with Crippen LogP contribution in [-0.4, -0.2) is 55.8 Å². The maximum atomic E-state index is 12.8. The van der Waals surface area contributed by atoms with E-state index in [1.165, 1.54) is 16.4 Å². The van der Waals surface area contributed by atoms with E-state index >= 15 is 0 Å². The first-order valence-electron chi connectivity index (χ1n) is 8.18. The molecule has 0 radical (unpaired) electrons. The van der Waals surface area contributed by atoms with Crippen molar-refractivity contribution in [2.45, 2.75) is 4.90 Å². The number of benzene rings is 2. The molecule has 10 heteroatoms. The van der Waals surface area contributed by atoms with Gasteiger partial charge in [0.25, 0.3) is 0 Å². The van der Waals surface area contributed by atoms with Gasteiger partial charge in [-0.2, -0.15) is 4.31 Å². The molecule has 0 atom stereocenters. The molecule has 1 saturated heterocycles. The second kappa shape index (κ2) is 7.93. The first kappa shape index (κ1) is 19.7. The number of hydrogen-bond acceptors (Lipinski definition) is 6. The summed E-state index contributed by atoms with van der Waals surface area (Å²) in [6.07, 6.45) is 0. The van der Waals surface area contributed by atoms with E-state index in [4.69, 9.17) is 4.74 Å². The molecule has 8 nitrogen and oxygen atoms in total. The maximum Gasteiger partial charge on any atom is 0.312 e. The normalized spacial score (nSPS) is 16.2. The van der Waals surface area contributed by atoms with Gasteiger partial charge in [0.15, 0.2) is 0 Å². The van der Waals surface area contributed by atoms with Crippen LogP contribution in [0, 0.1) is 10.1 Å². The van der Waals surface area contributed by atoms with Crippen LogP contribution < -0.4 is 4.74 Å². The predicted molar refractivity (Wildman–Crippen MR) is 104 cm³/mol. The Labute approximate surface area is 165 Å². The largest absolute Gasteiger partial charge is 0.449 e. The minimum atomic E-state index is -3.80. The van der Waals surface area contributed by atoms with Gasteiger partial charge in [0.2, 0.25) is 15.8 Å². The molecule has 0 N–H and O–H groups in total. The summed E-state index contributed by atoms with van der Waals surface area (Å²) in [7, 11) is -1.88. The molecule has 27 heavy (non-hydrogen) atoms. The zero-order valence-electron chi connectivity index (χ0n) is 14.5. The highest BCUT2D eigenvalue weighted by Crippen LogP contribution is 2.36. The van der Waals surface area contributed by atoms with Crippen LogP contribution in [0.5, 0.6) is 11.5 Å². The van der Waals surface area contributed by atoms with Crippen LogP contribution in [0.3, 0.4) is 0 Å². The van der Waals surface area contributed by atoms with Gasteiger partial charge in [-0.05, 0) is 47.2 Å². The fraction of sp³-hybridized carbons (Fsp3) is 0.294. The quantitative estimate of drug-likeness (QED) is 0.507. The lowest BCUT2D eigenvalue weighted by Gasteiger charge is -2.31. The van der Waals surface area contributed by atoms with E-state index in [-0.39, 0.29) is 10.6 Å². The van der Waals surface area contributed by atoms with Crippen LogP contribution in [-0.2, 0) is 10.0 Å². The molecule has 0 unspecified atom stereocenters. The number of sulfonamides is 1. The van der Waals surface area contributed by atoms with Crippen LogP contribution in [0.4, 0.5) is 5.69 Å². The van der Waals surface area contributed by atoms with E-state index in [0.29, 0.717) is 36.4 Å². The molecule has 0 spiro atoms. The van der Waals surface area contributed by atoms with Crippen LogP contribution in [0.25, 0.3) is 0 Å². The zero-order chi connectivity index (χ0) is 19.6. The molecule has 0 aromatic heterocycles. The van der Waals surface area contributed by atoms with Crippen molar-refractivity contribution >= 4 is 31.6 Å². The van der Waals surface area contributed by atoms with Crippen LogP contribution >= 0.6 is 15.9 Å². The predicted octanol–water partition coefficient (Wildman–Crippen LogP) is 3.09. The second-order valence-electron chi connectivity index (χ2n) is 6.13. The monoisotopic (exact) mass is 455 g/mol. The smallest absolute Gasteiger partial charge is 0.312 e. The minimum absolute atomic E-state index is 0.0239. The number of piperazine rings is 1. The molecule has 0 amide bonds. The summed E-state index contributed by atoms with van der Waals surface area (Å²) in [6.45, 7) is 1.93. The first-order valence-corrected chi connectivity index (χ1v) is 10.4. The Morgan fingerprint density at radius 1 is 1.07 bits per heavy atom. The van der Waals surface area contributed by atoms with Crippen LogP contribution in [0.2, 0.25) is 0 Å². The Hall–Kier alpha value is -2.01. The highest BCUT2D eigenvalue weighted by atomic mass is 79.9. The van der Waals surface area contributed by atoms with Gasteiger partial charge in [-0.1, -0.05) is 12.1 Å². The topological polar surface area (TPSA) is 93.0 Å². The van der Waals surface area contributed by atoms with Gasteiger partial charge in [0.1, 0.15) is 5.75 Å². The summed E-state index contributed by atoms with van der Waals surface area (Å²) in [5.74, 6) is 0.375. The van der Waals surface area contributed by atoms with Gasteiger partial charge >= 0.3 is 5.69 Å². The molecule has 1 aliphatic rings. The van der Waals surface area contributed by atoms with Crippen molar-refractivity contribution in [3.8, 4) is 11.5 Å². The standard InChI is InChI=1S/C17H18BrN3O5S/c1-19-8-10-20(11-9-19)27(24,25)13-6-7-17(15(12-13)21(22)23)26-16-5-3-2-4-14(16)18/h2-7,12H,8-11H2,1H3. The third kappa shape index (κ3) is 4.29. The molecule has 1 heterocycles. The minimum Gasteiger partial charge on any atom is -0.449 e. The highest BCUT2D eigenvalue weighted by molar-refractivity contribution is 9.10. The third-order valence-electron chi connectivity index (χ3n) is 4.28. The second-order valence-corrected chi connectivity index (χ2v) is 8.92. The number of likely N-dealkylation sites (N-methyl/N-ethyl adjacent to an activating group) is 1. The number of rotatable bonds is 5. The Morgan fingerprint density at radius 3 is 2.37 bits per heavy atom. The van der Waals surface area contributed by atoms with E-state index in [0.717, 1.165) is 6.07 Å². The molecule has 1 fully saturated rings. The number of nitrogens with zero attached hydrogens (tertiary/aromatic N) is 3. The molecule has 1 aliphatic heterocycles. The van der Waals surface area contributed by atoms with Crippen molar-refractivity contribution in [2.24, 2.45) is 0 Å². The molecule has 144 valence electrons. The van der Waals surface area contributed by atoms with E-state index in [2.05, 4.69) is 15.9 Å². The van der Waals surface area contributed by atoms with Gasteiger partial charge in [-0.15, -0.1) is 0 Å². The summed E-state index contributed by atoms with van der Waals surface area (Å²) in [5, 5.41) is 11.5. The number of nitro benzene ring substituents is 1. The lowest BCUT2D eigenvalue weighted by molar-refractivity contribution is -0.385. The van der Waals surface area contributed by atoms with Crippen molar-refractivity contribution in [1.29, 1.82) is 0 Å². The summed E-state index contributed by atoms with van der Waals surface area (Å²) >= 11 is 3.32. The summed E-state index contributed by atoms with van der Waals surface area (Å²) in [5.41, 5.74) is -0.402. The van der Waals surface area contributed by atoms with Crippen LogP contribution in [0.1, 0.15) is 0 Å². The average molecular weight is 456 g/mol. The number of halogens is 1. The molecule has 0 aliphatic carbocycles. The van der Waals surface area contributed by atoms with E-state index in [1.54, 1.807) is 24.3 Å².